The molecule has 1 fully saturated rings. The average molecular weight is 302 g/mol. The molecule has 3 rings (SSSR count). The number of hydrogen-bond acceptors (Lipinski definition) is 4. The van der Waals surface area contributed by atoms with Crippen molar-refractivity contribution in [3.8, 4) is 0 Å². The summed E-state index contributed by atoms with van der Waals surface area (Å²) in [6.07, 6.45) is 0. The van der Waals surface area contributed by atoms with Gasteiger partial charge in [0, 0.05) is 25.7 Å². The van der Waals surface area contributed by atoms with Crippen LogP contribution in [-0.2, 0) is 6.54 Å². The maximum absolute atomic E-state index is 13.1. The van der Waals surface area contributed by atoms with Gasteiger partial charge in [0.2, 0.25) is 0 Å². The summed E-state index contributed by atoms with van der Waals surface area (Å²) in [5, 5.41) is 4.50. The van der Waals surface area contributed by atoms with Crippen LogP contribution in [0.5, 0.6) is 0 Å². The first-order valence-corrected chi connectivity index (χ1v) is 7.03. The highest BCUT2D eigenvalue weighted by Crippen LogP contribution is 2.24. The Morgan fingerprint density at radius 3 is 3.16 bits per heavy atom. The quantitative estimate of drug-likeness (QED) is 0.924. The molecule has 0 saturated carbocycles. The highest BCUT2D eigenvalue weighted by Gasteiger charge is 2.17. The van der Waals surface area contributed by atoms with Crippen LogP contribution in [0.3, 0.4) is 0 Å². The van der Waals surface area contributed by atoms with Crippen LogP contribution in [-0.4, -0.2) is 35.6 Å². The third-order valence-electron chi connectivity index (χ3n) is 3.21. The van der Waals surface area contributed by atoms with E-state index in [1.807, 2.05) is 0 Å². The molecule has 0 bridgehead atoms. The van der Waals surface area contributed by atoms with E-state index in [2.05, 4.69) is 22.1 Å². The van der Waals surface area contributed by atoms with Crippen LogP contribution in [0.4, 0.5) is 4.39 Å². The Labute approximate surface area is 122 Å². The number of aromatic nitrogens is 1. The second-order valence-corrected chi connectivity index (χ2v) is 5.93. The molecule has 1 aliphatic heterocycles. The van der Waals surface area contributed by atoms with Crippen molar-refractivity contribution in [2.45, 2.75) is 19.5 Å². The van der Waals surface area contributed by atoms with Gasteiger partial charge >= 0.3 is 0 Å². The topological polar surface area (TPSA) is 28.2 Å². The normalized spacial score (nSPS) is 20.4. The second kappa shape index (κ2) is 6.13. The highest BCUT2D eigenvalue weighted by molar-refractivity contribution is 7.18. The molecule has 6 heteroatoms. The van der Waals surface area contributed by atoms with Crippen LogP contribution in [0, 0.1) is 5.82 Å². The summed E-state index contributed by atoms with van der Waals surface area (Å²) in [5.74, 6) is -0.187. The lowest BCUT2D eigenvalue weighted by atomic mass is 10.2. The largest absolute Gasteiger partial charge is 0.312 e. The van der Waals surface area contributed by atoms with Crippen molar-refractivity contribution in [1.82, 2.24) is 15.2 Å². The van der Waals surface area contributed by atoms with Gasteiger partial charge in [-0.3, -0.25) is 4.90 Å². The van der Waals surface area contributed by atoms with E-state index >= 15 is 0 Å². The molecule has 19 heavy (non-hydrogen) atoms. The van der Waals surface area contributed by atoms with Crippen molar-refractivity contribution >= 4 is 34.0 Å². The van der Waals surface area contributed by atoms with Crippen molar-refractivity contribution in [3.05, 3.63) is 29.0 Å². The number of hydrogen-bond donors (Lipinski definition) is 1. The molecule has 1 aromatic carbocycles. The molecule has 1 aromatic heterocycles. The lowest BCUT2D eigenvalue weighted by Gasteiger charge is -2.31. The van der Waals surface area contributed by atoms with Crippen LogP contribution in [0.15, 0.2) is 18.2 Å². The average Bonchev–Trinajstić information content (AvgIpc) is 2.70. The molecule has 0 amide bonds. The Hall–Kier alpha value is -0.750. The van der Waals surface area contributed by atoms with E-state index in [1.54, 1.807) is 23.5 Å². The Balaban J connectivity index is 0.00000133. The lowest BCUT2D eigenvalue weighted by Crippen LogP contribution is -2.48. The molecule has 3 nitrogen and oxygen atoms in total. The number of halogens is 2. The van der Waals surface area contributed by atoms with Crippen molar-refractivity contribution in [3.63, 3.8) is 0 Å². The number of benzene rings is 1. The first-order valence-electron chi connectivity index (χ1n) is 6.21. The van der Waals surface area contributed by atoms with Crippen molar-refractivity contribution in [1.29, 1.82) is 0 Å². The summed E-state index contributed by atoms with van der Waals surface area (Å²) in [5.41, 5.74) is 0.902. The molecular weight excluding hydrogens is 285 g/mol. The standard InChI is InChI=1S/C13H16FN3S.ClH/c1-9-7-17(5-4-15-9)8-13-16-11-3-2-10(14)6-12(11)18-13;/h2-3,6,9,15H,4-5,7-8H2,1H3;1H/t9-;/m1./s1. The van der Waals surface area contributed by atoms with E-state index in [1.165, 1.54) is 6.07 Å². The maximum atomic E-state index is 13.1. The van der Waals surface area contributed by atoms with E-state index in [4.69, 9.17) is 0 Å². The number of nitrogens with one attached hydrogen (secondary N) is 1. The van der Waals surface area contributed by atoms with E-state index in [0.717, 1.165) is 41.4 Å². The number of rotatable bonds is 2. The predicted molar refractivity (Wildman–Crippen MR) is 79.6 cm³/mol. The zero-order valence-corrected chi connectivity index (χ0v) is 12.4. The number of nitrogens with zero attached hydrogens (tertiary/aromatic N) is 2. The fourth-order valence-electron chi connectivity index (χ4n) is 2.36. The van der Waals surface area contributed by atoms with Gasteiger partial charge in [0.15, 0.2) is 0 Å². The molecule has 1 aliphatic rings. The summed E-state index contributed by atoms with van der Waals surface area (Å²) >= 11 is 1.59. The summed E-state index contributed by atoms with van der Waals surface area (Å²) in [6.45, 7) is 6.19. The van der Waals surface area contributed by atoms with Crippen LogP contribution in [0.1, 0.15) is 11.9 Å². The molecule has 2 heterocycles. The van der Waals surface area contributed by atoms with E-state index in [-0.39, 0.29) is 18.2 Å². The zero-order chi connectivity index (χ0) is 12.5. The van der Waals surface area contributed by atoms with Crippen LogP contribution < -0.4 is 5.32 Å². The molecule has 0 unspecified atom stereocenters. The van der Waals surface area contributed by atoms with Crippen LogP contribution in [0.25, 0.3) is 10.2 Å². The summed E-state index contributed by atoms with van der Waals surface area (Å²) in [6, 6.07) is 5.33. The lowest BCUT2D eigenvalue weighted by molar-refractivity contribution is 0.199. The SMILES string of the molecule is C[C@@H]1CN(Cc2nc3ccc(F)cc3s2)CCN1.Cl. The predicted octanol–water partition coefficient (Wildman–Crippen LogP) is 2.65. The summed E-state index contributed by atoms with van der Waals surface area (Å²) in [4.78, 5) is 6.96. The number of thiazole rings is 1. The molecule has 1 atom stereocenters. The van der Waals surface area contributed by atoms with Gasteiger partial charge in [-0.1, -0.05) is 0 Å². The van der Waals surface area contributed by atoms with E-state index in [0.29, 0.717) is 6.04 Å². The van der Waals surface area contributed by atoms with Crippen molar-refractivity contribution < 1.29 is 4.39 Å². The Kier molecular flexibility index (Phi) is 4.73. The van der Waals surface area contributed by atoms with E-state index in [9.17, 15) is 4.39 Å². The fourth-order valence-corrected chi connectivity index (χ4v) is 3.40. The molecule has 0 radical (unpaired) electrons. The molecule has 2 aromatic rings. The number of piperazine rings is 1. The Morgan fingerprint density at radius 2 is 2.37 bits per heavy atom. The molecule has 0 spiro atoms. The zero-order valence-electron chi connectivity index (χ0n) is 10.7. The van der Waals surface area contributed by atoms with Gasteiger partial charge in [0.05, 0.1) is 16.8 Å². The minimum atomic E-state index is -0.187. The second-order valence-electron chi connectivity index (χ2n) is 4.81. The molecule has 1 N–H and O–H groups in total. The van der Waals surface area contributed by atoms with Gasteiger partial charge in [-0.15, -0.1) is 23.7 Å². The van der Waals surface area contributed by atoms with Gasteiger partial charge in [-0.05, 0) is 25.1 Å². The molecule has 0 aliphatic carbocycles. The Morgan fingerprint density at radius 1 is 1.53 bits per heavy atom. The van der Waals surface area contributed by atoms with Gasteiger partial charge in [-0.25, -0.2) is 9.37 Å². The van der Waals surface area contributed by atoms with Gasteiger partial charge in [0.1, 0.15) is 10.8 Å². The monoisotopic (exact) mass is 301 g/mol. The Bertz CT molecular complexity index is 560. The maximum Gasteiger partial charge on any atom is 0.124 e. The van der Waals surface area contributed by atoms with Gasteiger partial charge in [0.25, 0.3) is 0 Å². The highest BCUT2D eigenvalue weighted by atomic mass is 35.5. The molecule has 1 saturated heterocycles. The molecular formula is C13H17ClFN3S. The van der Waals surface area contributed by atoms with Gasteiger partial charge < -0.3 is 5.32 Å². The first kappa shape index (κ1) is 14.7. The molecule has 104 valence electrons. The summed E-state index contributed by atoms with van der Waals surface area (Å²) in [7, 11) is 0. The smallest absolute Gasteiger partial charge is 0.124 e. The van der Waals surface area contributed by atoms with Crippen molar-refractivity contribution in [2.75, 3.05) is 19.6 Å². The third-order valence-corrected chi connectivity index (χ3v) is 4.21. The summed E-state index contributed by atoms with van der Waals surface area (Å²) < 4.78 is 14.1. The minimum Gasteiger partial charge on any atom is -0.312 e. The first-order chi connectivity index (χ1) is 8.70. The van der Waals surface area contributed by atoms with Crippen LogP contribution >= 0.6 is 23.7 Å². The van der Waals surface area contributed by atoms with Crippen molar-refractivity contribution in [2.24, 2.45) is 0 Å². The number of fused-ring (bicyclic) bond motifs is 1. The third kappa shape index (κ3) is 3.42. The fraction of sp³-hybridized carbons (Fsp3) is 0.462. The van der Waals surface area contributed by atoms with Gasteiger partial charge in [-0.2, -0.15) is 0 Å². The van der Waals surface area contributed by atoms with Crippen LogP contribution in [0.2, 0.25) is 0 Å². The minimum absolute atomic E-state index is 0. The van der Waals surface area contributed by atoms with E-state index < -0.39 is 0 Å².